The fourth-order valence-corrected chi connectivity index (χ4v) is 0.896. The van der Waals surface area contributed by atoms with E-state index in [0.29, 0.717) is 6.42 Å². The zero-order valence-electron chi connectivity index (χ0n) is 12.3. The van der Waals surface area contributed by atoms with E-state index < -0.39 is 0 Å². The van der Waals surface area contributed by atoms with Crippen molar-refractivity contribution in [1.82, 2.24) is 5.32 Å². The molecule has 2 nitrogen and oxygen atoms in total. The van der Waals surface area contributed by atoms with Crippen LogP contribution in [0.5, 0.6) is 0 Å². The number of nitrogens with one attached hydrogen (secondary N) is 1. The lowest BCUT2D eigenvalue weighted by atomic mass is 10.3. The first-order chi connectivity index (χ1) is 8.24. The molecule has 0 heterocycles. The number of carbonyl (C=O) groups excluding carboxylic acids is 1. The Morgan fingerprint density at radius 2 is 1.76 bits per heavy atom. The van der Waals surface area contributed by atoms with Crippen LogP contribution < -0.4 is 5.32 Å². The third-order valence-corrected chi connectivity index (χ3v) is 1.40. The minimum Gasteiger partial charge on any atom is -0.326 e. The molecule has 0 rings (SSSR count). The lowest BCUT2D eigenvalue weighted by molar-refractivity contribution is -0.120. The summed E-state index contributed by atoms with van der Waals surface area (Å²) in [6.07, 6.45) is 8.57. The van der Waals surface area contributed by atoms with Crippen LogP contribution in [0.15, 0.2) is 36.6 Å². The van der Waals surface area contributed by atoms with Crippen LogP contribution in [0.2, 0.25) is 0 Å². The molecule has 0 aromatic heterocycles. The summed E-state index contributed by atoms with van der Waals surface area (Å²) in [5, 5.41) is 2.78. The van der Waals surface area contributed by atoms with Gasteiger partial charge in [-0.15, -0.1) is 0 Å². The fraction of sp³-hybridized carbons (Fsp3) is 0.533. The Morgan fingerprint density at radius 1 is 1.24 bits per heavy atom. The highest BCUT2D eigenvalue weighted by Gasteiger charge is 1.98. The van der Waals surface area contributed by atoms with Gasteiger partial charge in [-0.1, -0.05) is 53.3 Å². The normalized spacial score (nSPS) is 9.65. The number of amides is 1. The Balaban J connectivity index is -0.000000439. The van der Waals surface area contributed by atoms with E-state index in [9.17, 15) is 4.79 Å². The van der Waals surface area contributed by atoms with Gasteiger partial charge < -0.3 is 5.32 Å². The first-order valence-corrected chi connectivity index (χ1v) is 6.49. The molecular weight excluding hydrogens is 210 g/mol. The smallest absolute Gasteiger partial charge is 0.224 e. The van der Waals surface area contributed by atoms with E-state index in [2.05, 4.69) is 11.9 Å². The van der Waals surface area contributed by atoms with Crippen molar-refractivity contribution in [3.8, 4) is 0 Å². The number of rotatable bonds is 5. The zero-order chi connectivity index (χ0) is 14.1. The molecule has 0 aliphatic carbocycles. The molecule has 1 amide bonds. The summed E-state index contributed by atoms with van der Waals surface area (Å²) in [6.45, 7) is 15.5. The van der Waals surface area contributed by atoms with E-state index in [1.54, 1.807) is 12.2 Å². The van der Waals surface area contributed by atoms with Crippen LogP contribution in [0.25, 0.3) is 0 Å². The number of hydrogen-bond acceptors (Lipinski definition) is 1. The lowest BCUT2D eigenvalue weighted by Crippen LogP contribution is -2.20. The maximum atomic E-state index is 11.2. The van der Waals surface area contributed by atoms with Gasteiger partial charge in [-0.2, -0.15) is 0 Å². The summed E-state index contributed by atoms with van der Waals surface area (Å²) < 4.78 is 0. The van der Waals surface area contributed by atoms with Gasteiger partial charge in [0.05, 0.1) is 0 Å². The largest absolute Gasteiger partial charge is 0.326 e. The van der Waals surface area contributed by atoms with Crippen molar-refractivity contribution in [2.45, 2.75) is 54.4 Å². The van der Waals surface area contributed by atoms with Crippen molar-refractivity contribution in [2.24, 2.45) is 0 Å². The Bertz CT molecular complexity index is 227. The Kier molecular flexibility index (Phi) is 24.9. The van der Waals surface area contributed by atoms with Crippen LogP contribution in [0.3, 0.4) is 0 Å². The summed E-state index contributed by atoms with van der Waals surface area (Å²) in [5.74, 6) is 0.0497. The minimum atomic E-state index is 0.0497. The first kappa shape index (κ1) is 21.0. The molecule has 0 aliphatic heterocycles. The first-order valence-electron chi connectivity index (χ1n) is 6.49. The highest BCUT2D eigenvalue weighted by molar-refractivity contribution is 5.78. The molecule has 0 fully saturated rings. The van der Waals surface area contributed by atoms with Crippen LogP contribution in [-0.4, -0.2) is 5.91 Å². The molecule has 0 aromatic carbocycles. The molecular formula is C15H29NO. The topological polar surface area (TPSA) is 29.1 Å². The molecule has 2 heteroatoms. The van der Waals surface area contributed by atoms with E-state index in [4.69, 9.17) is 0 Å². The summed E-state index contributed by atoms with van der Waals surface area (Å²) in [6, 6.07) is 0. The molecule has 0 aromatic rings. The summed E-state index contributed by atoms with van der Waals surface area (Å²) in [4.78, 5) is 11.2. The standard InChI is InChI=1S/C11H17NO.2C2H6/c1-4-7-10(8-5-2)12-11(13)9-6-3;2*1-2/h4-5,7-8H,1,6,9H2,2-3H3,(H,12,13);2*1-2H3/b8-5-,10-7+;;. The van der Waals surface area contributed by atoms with Crippen LogP contribution in [0.4, 0.5) is 0 Å². The number of allylic oxidation sites excluding steroid dienone is 4. The van der Waals surface area contributed by atoms with Gasteiger partial charge in [-0.25, -0.2) is 0 Å². The van der Waals surface area contributed by atoms with E-state index >= 15 is 0 Å². The monoisotopic (exact) mass is 239 g/mol. The van der Waals surface area contributed by atoms with E-state index in [0.717, 1.165) is 12.1 Å². The minimum absolute atomic E-state index is 0.0497. The maximum Gasteiger partial charge on any atom is 0.224 e. The quantitative estimate of drug-likeness (QED) is 0.698. The maximum absolute atomic E-state index is 11.2. The third-order valence-electron chi connectivity index (χ3n) is 1.40. The molecule has 0 saturated carbocycles. The second-order valence-corrected chi connectivity index (χ2v) is 2.66. The zero-order valence-corrected chi connectivity index (χ0v) is 12.3. The molecule has 1 N–H and O–H groups in total. The van der Waals surface area contributed by atoms with Gasteiger partial charge in [0.15, 0.2) is 0 Å². The molecule has 0 unspecified atom stereocenters. The molecule has 17 heavy (non-hydrogen) atoms. The van der Waals surface area contributed by atoms with E-state index in [1.807, 2.05) is 53.7 Å². The lowest BCUT2D eigenvalue weighted by Gasteiger charge is -2.03. The molecule has 0 radical (unpaired) electrons. The van der Waals surface area contributed by atoms with Crippen LogP contribution in [-0.2, 0) is 4.79 Å². The van der Waals surface area contributed by atoms with E-state index in [-0.39, 0.29) is 5.91 Å². The SMILES string of the molecule is C=C/C=C(\C=C/C)NC(=O)CCC.CC.CC. The molecule has 0 aliphatic rings. The molecule has 0 spiro atoms. The Hall–Kier alpha value is -1.31. The molecule has 0 saturated heterocycles. The van der Waals surface area contributed by atoms with Crippen molar-refractivity contribution >= 4 is 5.91 Å². The molecule has 0 bridgehead atoms. The van der Waals surface area contributed by atoms with Gasteiger partial charge in [-0.05, 0) is 25.5 Å². The predicted molar refractivity (Wildman–Crippen MR) is 78.8 cm³/mol. The predicted octanol–water partition coefficient (Wildman–Crippen LogP) is 4.60. The van der Waals surface area contributed by atoms with Crippen LogP contribution in [0, 0.1) is 0 Å². The summed E-state index contributed by atoms with van der Waals surface area (Å²) in [7, 11) is 0. The highest BCUT2D eigenvalue weighted by atomic mass is 16.1. The van der Waals surface area contributed by atoms with Crippen molar-refractivity contribution in [1.29, 1.82) is 0 Å². The van der Waals surface area contributed by atoms with Gasteiger partial charge in [0, 0.05) is 12.1 Å². The Morgan fingerprint density at radius 3 is 2.12 bits per heavy atom. The average molecular weight is 239 g/mol. The van der Waals surface area contributed by atoms with Crippen LogP contribution in [0.1, 0.15) is 54.4 Å². The van der Waals surface area contributed by atoms with Crippen LogP contribution >= 0.6 is 0 Å². The van der Waals surface area contributed by atoms with Crippen molar-refractivity contribution in [2.75, 3.05) is 0 Å². The van der Waals surface area contributed by atoms with Gasteiger partial charge >= 0.3 is 0 Å². The molecule has 100 valence electrons. The number of hydrogen-bond donors (Lipinski definition) is 1. The molecule has 0 atom stereocenters. The average Bonchev–Trinajstić information content (AvgIpc) is 2.35. The third kappa shape index (κ3) is 17.3. The summed E-state index contributed by atoms with van der Waals surface area (Å²) >= 11 is 0. The fourth-order valence-electron chi connectivity index (χ4n) is 0.896. The van der Waals surface area contributed by atoms with Gasteiger partial charge in [-0.3, -0.25) is 4.79 Å². The van der Waals surface area contributed by atoms with Gasteiger partial charge in [0.1, 0.15) is 0 Å². The van der Waals surface area contributed by atoms with Crippen molar-refractivity contribution < 1.29 is 4.79 Å². The number of carbonyl (C=O) groups is 1. The van der Waals surface area contributed by atoms with Gasteiger partial charge in [0.25, 0.3) is 0 Å². The second-order valence-electron chi connectivity index (χ2n) is 2.66. The van der Waals surface area contributed by atoms with Crippen molar-refractivity contribution in [3.05, 3.63) is 36.6 Å². The highest BCUT2D eigenvalue weighted by Crippen LogP contribution is 1.95. The Labute approximate surface area is 108 Å². The summed E-state index contributed by atoms with van der Waals surface area (Å²) in [5.41, 5.74) is 0.788. The van der Waals surface area contributed by atoms with E-state index in [1.165, 1.54) is 0 Å². The van der Waals surface area contributed by atoms with Crippen molar-refractivity contribution in [3.63, 3.8) is 0 Å². The second kappa shape index (κ2) is 20.1. The van der Waals surface area contributed by atoms with Gasteiger partial charge in [0.2, 0.25) is 5.91 Å².